The van der Waals surface area contributed by atoms with Gasteiger partial charge in [-0.2, -0.15) is 0 Å². The molecule has 2 aromatic rings. The molecule has 1 unspecified atom stereocenters. The second-order valence-corrected chi connectivity index (χ2v) is 6.60. The molecular weight excluding hydrogens is 453 g/mol. The van der Waals surface area contributed by atoms with E-state index in [1.807, 2.05) is 6.07 Å². The van der Waals surface area contributed by atoms with Crippen LogP contribution in [0.25, 0.3) is 0 Å². The van der Waals surface area contributed by atoms with Crippen molar-refractivity contribution in [2.45, 2.75) is 45.7 Å². The Morgan fingerprint density at radius 3 is 2.81 bits per heavy atom. The van der Waals surface area contributed by atoms with Crippen molar-refractivity contribution in [3.05, 3.63) is 47.9 Å². The van der Waals surface area contributed by atoms with Crippen LogP contribution in [-0.4, -0.2) is 36.8 Å². The van der Waals surface area contributed by atoms with Crippen LogP contribution in [0.2, 0.25) is 0 Å². The number of aliphatic imine (C=N–C) groups is 1. The van der Waals surface area contributed by atoms with Crippen LogP contribution in [0.4, 0.5) is 5.69 Å². The molecule has 0 aliphatic carbocycles. The van der Waals surface area contributed by atoms with E-state index in [0.29, 0.717) is 12.6 Å². The highest BCUT2D eigenvalue weighted by Gasteiger charge is 2.20. The predicted octanol–water partition coefficient (Wildman–Crippen LogP) is 3.58. The standard InChI is InChI=1S/C20H29N5O.HI/c1-3-16-13-19(26-24-16)14-22-20(21-4-2)23-17-9-8-12-25(15-17)18-10-6-5-7-11-18;/h5-7,10-11,13,17H,3-4,8-9,12,14-15H2,1-2H3,(H2,21,22,23);1H. The molecule has 0 saturated carbocycles. The Labute approximate surface area is 178 Å². The molecule has 1 aliphatic heterocycles. The first-order chi connectivity index (χ1) is 12.8. The molecule has 2 N–H and O–H groups in total. The Bertz CT molecular complexity index is 703. The summed E-state index contributed by atoms with van der Waals surface area (Å²) in [6.07, 6.45) is 3.20. The summed E-state index contributed by atoms with van der Waals surface area (Å²) in [6.45, 7) is 7.57. The van der Waals surface area contributed by atoms with E-state index in [-0.39, 0.29) is 24.0 Å². The number of nitrogens with zero attached hydrogens (tertiary/aromatic N) is 3. The van der Waals surface area contributed by atoms with Crippen LogP contribution in [0.15, 0.2) is 45.9 Å². The van der Waals surface area contributed by atoms with Crippen LogP contribution in [0, 0.1) is 0 Å². The monoisotopic (exact) mass is 483 g/mol. The largest absolute Gasteiger partial charge is 0.369 e. The van der Waals surface area contributed by atoms with Crippen LogP contribution in [0.5, 0.6) is 0 Å². The van der Waals surface area contributed by atoms with Crippen molar-refractivity contribution in [2.75, 3.05) is 24.5 Å². The molecule has 1 aromatic carbocycles. The van der Waals surface area contributed by atoms with Gasteiger partial charge >= 0.3 is 0 Å². The number of para-hydroxylation sites is 1. The van der Waals surface area contributed by atoms with E-state index >= 15 is 0 Å². The minimum atomic E-state index is 0. The number of aromatic nitrogens is 1. The first-order valence-corrected chi connectivity index (χ1v) is 9.57. The zero-order chi connectivity index (χ0) is 18.2. The molecule has 148 valence electrons. The fourth-order valence-electron chi connectivity index (χ4n) is 3.24. The van der Waals surface area contributed by atoms with E-state index in [1.54, 1.807) is 0 Å². The summed E-state index contributed by atoms with van der Waals surface area (Å²) in [7, 11) is 0. The summed E-state index contributed by atoms with van der Waals surface area (Å²) < 4.78 is 5.33. The van der Waals surface area contributed by atoms with Crippen molar-refractivity contribution in [2.24, 2.45) is 4.99 Å². The third-order valence-electron chi connectivity index (χ3n) is 4.59. The Morgan fingerprint density at radius 2 is 2.11 bits per heavy atom. The SMILES string of the molecule is CCNC(=NCc1cc(CC)no1)NC1CCCN(c2ccccc2)C1.I. The van der Waals surface area contributed by atoms with Crippen molar-refractivity contribution in [3.63, 3.8) is 0 Å². The zero-order valence-corrected chi connectivity index (χ0v) is 18.5. The quantitative estimate of drug-likeness (QED) is 0.374. The summed E-state index contributed by atoms with van der Waals surface area (Å²) in [5.74, 6) is 1.63. The number of aryl methyl sites for hydroxylation is 1. The smallest absolute Gasteiger partial charge is 0.191 e. The topological polar surface area (TPSA) is 65.7 Å². The van der Waals surface area contributed by atoms with Crippen molar-refractivity contribution in [3.8, 4) is 0 Å². The van der Waals surface area contributed by atoms with Gasteiger partial charge in [-0.25, -0.2) is 4.99 Å². The molecule has 0 spiro atoms. The molecule has 7 heteroatoms. The number of hydrogen-bond donors (Lipinski definition) is 2. The number of anilines is 1. The zero-order valence-electron chi connectivity index (χ0n) is 16.1. The first kappa shape index (κ1) is 21.5. The minimum Gasteiger partial charge on any atom is -0.369 e. The van der Waals surface area contributed by atoms with Gasteiger partial charge in [-0.05, 0) is 38.3 Å². The lowest BCUT2D eigenvalue weighted by molar-refractivity contribution is 0.379. The summed E-state index contributed by atoms with van der Waals surface area (Å²) in [4.78, 5) is 7.10. The lowest BCUT2D eigenvalue weighted by Gasteiger charge is -2.35. The molecule has 3 rings (SSSR count). The van der Waals surface area contributed by atoms with Crippen molar-refractivity contribution >= 4 is 35.6 Å². The molecular formula is C20H30IN5O. The summed E-state index contributed by atoms with van der Waals surface area (Å²) in [5, 5.41) is 10.9. The van der Waals surface area contributed by atoms with Gasteiger partial charge in [-0.3, -0.25) is 0 Å². The van der Waals surface area contributed by atoms with Gasteiger partial charge in [0.05, 0.1) is 5.69 Å². The van der Waals surface area contributed by atoms with E-state index in [2.05, 4.69) is 69.9 Å². The first-order valence-electron chi connectivity index (χ1n) is 9.57. The van der Waals surface area contributed by atoms with Crippen LogP contribution < -0.4 is 15.5 Å². The average Bonchev–Trinajstić information content (AvgIpc) is 3.15. The third kappa shape index (κ3) is 6.41. The molecule has 1 saturated heterocycles. The number of hydrogen-bond acceptors (Lipinski definition) is 4. The van der Waals surface area contributed by atoms with Crippen LogP contribution >= 0.6 is 24.0 Å². The normalized spacial score (nSPS) is 17.3. The number of nitrogens with one attached hydrogen (secondary N) is 2. The Morgan fingerprint density at radius 1 is 1.30 bits per heavy atom. The number of halogens is 1. The van der Waals surface area contributed by atoms with E-state index in [4.69, 9.17) is 4.52 Å². The highest BCUT2D eigenvalue weighted by Crippen LogP contribution is 2.19. The maximum atomic E-state index is 5.33. The molecule has 1 atom stereocenters. The van der Waals surface area contributed by atoms with Crippen molar-refractivity contribution in [1.82, 2.24) is 15.8 Å². The van der Waals surface area contributed by atoms with Gasteiger partial charge in [0.1, 0.15) is 6.54 Å². The van der Waals surface area contributed by atoms with Gasteiger partial charge in [-0.1, -0.05) is 30.3 Å². The van der Waals surface area contributed by atoms with Crippen LogP contribution in [-0.2, 0) is 13.0 Å². The highest BCUT2D eigenvalue weighted by atomic mass is 127. The summed E-state index contributed by atoms with van der Waals surface area (Å²) in [6, 6.07) is 13.0. The lowest BCUT2D eigenvalue weighted by Crippen LogP contribution is -2.51. The predicted molar refractivity (Wildman–Crippen MR) is 121 cm³/mol. The number of benzene rings is 1. The average molecular weight is 483 g/mol. The number of piperidine rings is 1. The highest BCUT2D eigenvalue weighted by molar-refractivity contribution is 14.0. The van der Waals surface area contributed by atoms with Crippen LogP contribution in [0.1, 0.15) is 38.1 Å². The van der Waals surface area contributed by atoms with E-state index in [1.165, 1.54) is 12.1 Å². The number of rotatable bonds is 6. The maximum Gasteiger partial charge on any atom is 0.191 e. The van der Waals surface area contributed by atoms with Crippen molar-refractivity contribution < 1.29 is 4.52 Å². The Kier molecular flexibility index (Phi) is 8.90. The van der Waals surface area contributed by atoms with Gasteiger partial charge in [0.25, 0.3) is 0 Å². The Balaban J connectivity index is 0.00000261. The molecule has 0 radical (unpaired) electrons. The van der Waals surface area contributed by atoms with Crippen molar-refractivity contribution in [1.29, 1.82) is 0 Å². The fraction of sp³-hybridized carbons (Fsp3) is 0.500. The Hall–Kier alpha value is -1.77. The summed E-state index contributed by atoms with van der Waals surface area (Å²) in [5.41, 5.74) is 2.26. The van der Waals surface area contributed by atoms with Gasteiger partial charge in [-0.15, -0.1) is 24.0 Å². The minimum absolute atomic E-state index is 0. The maximum absolute atomic E-state index is 5.33. The second kappa shape index (κ2) is 11.2. The van der Waals surface area contributed by atoms with E-state index in [9.17, 15) is 0 Å². The van der Waals surface area contributed by atoms with E-state index < -0.39 is 0 Å². The van der Waals surface area contributed by atoms with Gasteiger partial charge in [0, 0.05) is 37.4 Å². The lowest BCUT2D eigenvalue weighted by atomic mass is 10.1. The molecule has 1 aliphatic rings. The molecule has 1 aromatic heterocycles. The van der Waals surface area contributed by atoms with Gasteiger partial charge in [0.2, 0.25) is 0 Å². The second-order valence-electron chi connectivity index (χ2n) is 6.60. The number of guanidine groups is 1. The van der Waals surface area contributed by atoms with Gasteiger partial charge < -0.3 is 20.1 Å². The molecule has 0 amide bonds. The van der Waals surface area contributed by atoms with E-state index in [0.717, 1.165) is 49.9 Å². The molecule has 1 fully saturated rings. The molecule has 27 heavy (non-hydrogen) atoms. The van der Waals surface area contributed by atoms with Gasteiger partial charge in [0.15, 0.2) is 11.7 Å². The summed E-state index contributed by atoms with van der Waals surface area (Å²) >= 11 is 0. The molecule has 6 nitrogen and oxygen atoms in total. The molecule has 2 heterocycles. The fourth-order valence-corrected chi connectivity index (χ4v) is 3.24. The van der Waals surface area contributed by atoms with Crippen LogP contribution in [0.3, 0.4) is 0 Å². The third-order valence-corrected chi connectivity index (χ3v) is 4.59. The molecule has 0 bridgehead atoms.